The maximum atomic E-state index is 11.0. The topological polar surface area (TPSA) is 29.1 Å². The van der Waals surface area contributed by atoms with Crippen molar-refractivity contribution in [3.05, 3.63) is 35.4 Å². The van der Waals surface area contributed by atoms with Gasteiger partial charge < -0.3 is 5.32 Å². The highest BCUT2D eigenvalue weighted by molar-refractivity contribution is 5.75. The molecule has 15 heavy (non-hydrogen) atoms. The maximum Gasteiger partial charge on any atom is 0.219 e. The lowest BCUT2D eigenvalue weighted by Gasteiger charge is -2.02. The average Bonchev–Trinajstić information content (AvgIpc) is 2.26. The molecule has 0 bridgehead atoms. The number of carbonyl (C=O) groups excluding carboxylic acids is 1. The summed E-state index contributed by atoms with van der Waals surface area (Å²) in [5.41, 5.74) is 2.65. The van der Waals surface area contributed by atoms with Crippen LogP contribution in [0.4, 0.5) is 0 Å². The van der Waals surface area contributed by atoms with Gasteiger partial charge in [-0.25, -0.2) is 0 Å². The number of carbonyl (C=O) groups is 1. The van der Waals surface area contributed by atoms with Gasteiger partial charge in [-0.05, 0) is 31.7 Å². The highest BCUT2D eigenvalue weighted by Gasteiger charge is 1.98. The van der Waals surface area contributed by atoms with Crippen LogP contribution in [0.3, 0.4) is 0 Å². The van der Waals surface area contributed by atoms with Crippen LogP contribution < -0.4 is 5.32 Å². The van der Waals surface area contributed by atoms with Crippen molar-refractivity contribution in [1.82, 2.24) is 5.32 Å². The molecule has 0 aliphatic heterocycles. The Kier molecular flexibility index (Phi) is 4.88. The summed E-state index contributed by atoms with van der Waals surface area (Å²) < 4.78 is 0. The molecule has 1 aromatic carbocycles. The molecule has 1 amide bonds. The zero-order chi connectivity index (χ0) is 11.1. The van der Waals surface area contributed by atoms with Gasteiger partial charge in [0.1, 0.15) is 0 Å². The van der Waals surface area contributed by atoms with E-state index in [0.717, 1.165) is 19.3 Å². The summed E-state index contributed by atoms with van der Waals surface area (Å²) in [5, 5.41) is 2.63. The fourth-order valence-electron chi connectivity index (χ4n) is 1.49. The van der Waals surface area contributed by atoms with Crippen LogP contribution in [0.1, 0.15) is 30.4 Å². The van der Waals surface area contributed by atoms with Crippen molar-refractivity contribution in [2.45, 2.75) is 32.6 Å². The number of rotatable bonds is 5. The van der Waals surface area contributed by atoms with Crippen LogP contribution in [-0.4, -0.2) is 13.0 Å². The second-order valence-electron chi connectivity index (χ2n) is 3.87. The molecule has 82 valence electrons. The van der Waals surface area contributed by atoms with E-state index in [1.165, 1.54) is 11.1 Å². The summed E-state index contributed by atoms with van der Waals surface area (Å²) in [6, 6.07) is 8.59. The van der Waals surface area contributed by atoms with E-state index in [-0.39, 0.29) is 5.91 Å². The lowest BCUT2D eigenvalue weighted by molar-refractivity contribution is -0.120. The minimum atomic E-state index is 0.138. The van der Waals surface area contributed by atoms with E-state index in [2.05, 4.69) is 36.5 Å². The molecule has 0 atom stereocenters. The second-order valence-corrected chi connectivity index (χ2v) is 3.87. The molecule has 0 unspecified atom stereocenters. The van der Waals surface area contributed by atoms with E-state index in [1.54, 1.807) is 7.05 Å². The molecule has 0 aliphatic carbocycles. The molecule has 2 heteroatoms. The number of aryl methyl sites for hydroxylation is 2. The third kappa shape index (κ3) is 4.63. The highest BCUT2D eigenvalue weighted by Crippen LogP contribution is 2.08. The molecular formula is C13H19NO. The molecule has 0 saturated heterocycles. The first-order chi connectivity index (χ1) is 7.22. The summed E-state index contributed by atoms with van der Waals surface area (Å²) in [6.07, 6.45) is 3.75. The van der Waals surface area contributed by atoms with E-state index >= 15 is 0 Å². The average molecular weight is 205 g/mol. The Labute approximate surface area is 91.7 Å². The zero-order valence-corrected chi connectivity index (χ0v) is 9.55. The van der Waals surface area contributed by atoms with Crippen molar-refractivity contribution in [2.24, 2.45) is 0 Å². The third-order valence-electron chi connectivity index (χ3n) is 2.52. The Bertz CT molecular complexity index is 303. The SMILES string of the molecule is CNC(=O)CCCCc1ccc(C)cc1. The Morgan fingerprint density at radius 3 is 2.47 bits per heavy atom. The molecule has 0 aliphatic rings. The Hall–Kier alpha value is -1.31. The van der Waals surface area contributed by atoms with Crippen molar-refractivity contribution in [2.75, 3.05) is 7.05 Å². The first-order valence-electron chi connectivity index (χ1n) is 5.48. The minimum absolute atomic E-state index is 0.138. The summed E-state index contributed by atoms with van der Waals surface area (Å²) in [5.74, 6) is 0.138. The lowest BCUT2D eigenvalue weighted by atomic mass is 10.1. The fraction of sp³-hybridized carbons (Fsp3) is 0.462. The van der Waals surface area contributed by atoms with Crippen LogP contribution >= 0.6 is 0 Å². The van der Waals surface area contributed by atoms with Crippen molar-refractivity contribution < 1.29 is 4.79 Å². The monoisotopic (exact) mass is 205 g/mol. The normalized spacial score (nSPS) is 10.0. The Morgan fingerprint density at radius 1 is 1.20 bits per heavy atom. The molecule has 2 nitrogen and oxygen atoms in total. The van der Waals surface area contributed by atoms with Crippen LogP contribution in [0.2, 0.25) is 0 Å². The third-order valence-corrected chi connectivity index (χ3v) is 2.52. The van der Waals surface area contributed by atoms with E-state index < -0.39 is 0 Å². The molecule has 0 heterocycles. The molecule has 1 rings (SSSR count). The van der Waals surface area contributed by atoms with Gasteiger partial charge in [0.15, 0.2) is 0 Å². The van der Waals surface area contributed by atoms with Crippen molar-refractivity contribution in [1.29, 1.82) is 0 Å². The van der Waals surface area contributed by atoms with Gasteiger partial charge in [0.05, 0.1) is 0 Å². The predicted octanol–water partition coefficient (Wildman–Crippen LogP) is 2.45. The number of hydrogen-bond donors (Lipinski definition) is 1. The van der Waals surface area contributed by atoms with Crippen LogP contribution in [0.15, 0.2) is 24.3 Å². The number of benzene rings is 1. The van der Waals surface area contributed by atoms with Crippen LogP contribution in [0.25, 0.3) is 0 Å². The van der Waals surface area contributed by atoms with Crippen LogP contribution in [-0.2, 0) is 11.2 Å². The van der Waals surface area contributed by atoms with Gasteiger partial charge in [-0.3, -0.25) is 4.79 Å². The van der Waals surface area contributed by atoms with Gasteiger partial charge in [-0.1, -0.05) is 29.8 Å². The van der Waals surface area contributed by atoms with Gasteiger partial charge in [0.2, 0.25) is 5.91 Å². The van der Waals surface area contributed by atoms with Crippen molar-refractivity contribution in [3.8, 4) is 0 Å². The molecule has 0 spiro atoms. The second kappa shape index (κ2) is 6.23. The summed E-state index contributed by atoms with van der Waals surface area (Å²) in [7, 11) is 1.68. The highest BCUT2D eigenvalue weighted by atomic mass is 16.1. The van der Waals surface area contributed by atoms with Crippen LogP contribution in [0, 0.1) is 6.92 Å². The van der Waals surface area contributed by atoms with Gasteiger partial charge in [0.25, 0.3) is 0 Å². The minimum Gasteiger partial charge on any atom is -0.359 e. The van der Waals surface area contributed by atoms with Gasteiger partial charge in [-0.15, -0.1) is 0 Å². The molecular weight excluding hydrogens is 186 g/mol. The number of amides is 1. The predicted molar refractivity (Wildman–Crippen MR) is 62.8 cm³/mol. The lowest BCUT2D eigenvalue weighted by Crippen LogP contribution is -2.16. The first-order valence-corrected chi connectivity index (χ1v) is 5.48. The van der Waals surface area contributed by atoms with E-state index in [1.807, 2.05) is 0 Å². The fourth-order valence-corrected chi connectivity index (χ4v) is 1.49. The molecule has 0 aromatic heterocycles. The standard InChI is InChI=1S/C13H19NO/c1-11-7-9-12(10-8-11)5-3-4-6-13(15)14-2/h7-10H,3-6H2,1-2H3,(H,14,15). The number of hydrogen-bond acceptors (Lipinski definition) is 1. The van der Waals surface area contributed by atoms with Gasteiger partial charge in [0, 0.05) is 13.5 Å². The van der Waals surface area contributed by atoms with Gasteiger partial charge in [-0.2, -0.15) is 0 Å². The van der Waals surface area contributed by atoms with Crippen LogP contribution in [0.5, 0.6) is 0 Å². The van der Waals surface area contributed by atoms with E-state index in [9.17, 15) is 4.79 Å². The van der Waals surface area contributed by atoms with E-state index in [4.69, 9.17) is 0 Å². The number of nitrogens with one attached hydrogen (secondary N) is 1. The first kappa shape index (κ1) is 11.8. The molecule has 0 fully saturated rings. The van der Waals surface area contributed by atoms with Crippen molar-refractivity contribution in [3.63, 3.8) is 0 Å². The molecule has 1 aromatic rings. The summed E-state index contributed by atoms with van der Waals surface area (Å²) in [6.45, 7) is 2.09. The molecule has 0 radical (unpaired) electrons. The smallest absolute Gasteiger partial charge is 0.219 e. The molecule has 0 saturated carbocycles. The quantitative estimate of drug-likeness (QED) is 0.735. The Balaban J connectivity index is 2.20. The number of unbranched alkanes of at least 4 members (excludes halogenated alkanes) is 1. The largest absolute Gasteiger partial charge is 0.359 e. The van der Waals surface area contributed by atoms with Crippen molar-refractivity contribution >= 4 is 5.91 Å². The summed E-state index contributed by atoms with van der Waals surface area (Å²) in [4.78, 5) is 11.0. The molecule has 1 N–H and O–H groups in total. The maximum absolute atomic E-state index is 11.0. The summed E-state index contributed by atoms with van der Waals surface area (Å²) >= 11 is 0. The van der Waals surface area contributed by atoms with E-state index in [0.29, 0.717) is 6.42 Å². The van der Waals surface area contributed by atoms with Gasteiger partial charge >= 0.3 is 0 Å². The Morgan fingerprint density at radius 2 is 1.87 bits per heavy atom. The zero-order valence-electron chi connectivity index (χ0n) is 9.55.